The van der Waals surface area contributed by atoms with Gasteiger partial charge in [-0.2, -0.15) is 5.10 Å². The maximum atomic E-state index is 13.1. The fourth-order valence-corrected chi connectivity index (χ4v) is 6.55. The van der Waals surface area contributed by atoms with Crippen LogP contribution in [0.2, 0.25) is 0 Å². The third kappa shape index (κ3) is 3.88. The quantitative estimate of drug-likeness (QED) is 0.720. The molecular formula is C25H32N4O2. The van der Waals surface area contributed by atoms with Crippen LogP contribution in [0, 0.1) is 23.2 Å². The Balaban J connectivity index is 1.18. The molecule has 4 saturated carbocycles. The van der Waals surface area contributed by atoms with Crippen molar-refractivity contribution in [2.24, 2.45) is 23.2 Å². The number of hydrogen-bond donors (Lipinski definition) is 2. The van der Waals surface area contributed by atoms with Crippen molar-refractivity contribution in [1.82, 2.24) is 15.1 Å². The monoisotopic (exact) mass is 420 g/mol. The van der Waals surface area contributed by atoms with E-state index in [0.717, 1.165) is 42.6 Å². The number of benzene rings is 1. The van der Waals surface area contributed by atoms with Crippen molar-refractivity contribution in [2.45, 2.75) is 65.0 Å². The molecule has 0 atom stereocenters. The molecule has 1 aromatic carbocycles. The van der Waals surface area contributed by atoms with Gasteiger partial charge in [0, 0.05) is 29.6 Å². The summed E-state index contributed by atoms with van der Waals surface area (Å²) in [6.07, 6.45) is 8.95. The van der Waals surface area contributed by atoms with Crippen LogP contribution in [-0.4, -0.2) is 21.6 Å². The van der Waals surface area contributed by atoms with Crippen LogP contribution in [-0.2, 0) is 11.3 Å². The van der Waals surface area contributed by atoms with Crippen LogP contribution in [0.15, 0.2) is 36.5 Å². The molecule has 4 aliphatic carbocycles. The number of nitrogens with one attached hydrogen (secondary N) is 2. The third-order valence-electron chi connectivity index (χ3n) is 7.59. The average molecular weight is 421 g/mol. The first kappa shape index (κ1) is 20.3. The SMILES string of the molecule is CC(C)n1nccc1NC(=O)c1ccc(CNC(=O)C23CC4CC(CC(C4)C2)C3)cc1. The van der Waals surface area contributed by atoms with Crippen molar-refractivity contribution in [3.8, 4) is 0 Å². The summed E-state index contributed by atoms with van der Waals surface area (Å²) in [5.41, 5.74) is 1.49. The van der Waals surface area contributed by atoms with Gasteiger partial charge >= 0.3 is 0 Å². The topological polar surface area (TPSA) is 76.0 Å². The summed E-state index contributed by atoms with van der Waals surface area (Å²) in [6, 6.07) is 9.45. The molecule has 31 heavy (non-hydrogen) atoms. The van der Waals surface area contributed by atoms with E-state index in [-0.39, 0.29) is 23.3 Å². The smallest absolute Gasteiger partial charge is 0.256 e. The largest absolute Gasteiger partial charge is 0.352 e. The van der Waals surface area contributed by atoms with Gasteiger partial charge in [0.2, 0.25) is 5.91 Å². The minimum absolute atomic E-state index is 0.117. The number of rotatable bonds is 6. The van der Waals surface area contributed by atoms with Crippen LogP contribution >= 0.6 is 0 Å². The van der Waals surface area contributed by atoms with Crippen molar-refractivity contribution in [3.63, 3.8) is 0 Å². The zero-order chi connectivity index (χ0) is 21.6. The first-order valence-corrected chi connectivity index (χ1v) is 11.6. The minimum Gasteiger partial charge on any atom is -0.352 e. The fraction of sp³-hybridized carbons (Fsp3) is 0.560. The molecule has 2 aromatic rings. The molecule has 4 aliphatic rings. The highest BCUT2D eigenvalue weighted by Crippen LogP contribution is 2.60. The van der Waals surface area contributed by atoms with Gasteiger partial charge in [-0.3, -0.25) is 9.59 Å². The van der Waals surface area contributed by atoms with Gasteiger partial charge in [-0.25, -0.2) is 4.68 Å². The van der Waals surface area contributed by atoms with Crippen LogP contribution in [0.3, 0.4) is 0 Å². The van der Waals surface area contributed by atoms with E-state index in [2.05, 4.69) is 15.7 Å². The van der Waals surface area contributed by atoms with Crippen molar-refractivity contribution in [1.29, 1.82) is 0 Å². The molecule has 4 fully saturated rings. The van der Waals surface area contributed by atoms with Crippen molar-refractivity contribution < 1.29 is 9.59 Å². The average Bonchev–Trinajstić information content (AvgIpc) is 3.20. The van der Waals surface area contributed by atoms with Crippen LogP contribution < -0.4 is 10.6 Å². The number of anilines is 1. The lowest BCUT2D eigenvalue weighted by Crippen LogP contribution is -2.53. The Labute approximate surface area is 183 Å². The van der Waals surface area contributed by atoms with Gasteiger partial charge in [0.25, 0.3) is 5.91 Å². The van der Waals surface area contributed by atoms with E-state index in [4.69, 9.17) is 0 Å². The highest BCUT2D eigenvalue weighted by atomic mass is 16.2. The second-order valence-electron chi connectivity index (χ2n) is 10.3. The summed E-state index contributed by atoms with van der Waals surface area (Å²) in [6.45, 7) is 4.56. The molecule has 0 radical (unpaired) electrons. The molecule has 1 heterocycles. The summed E-state index contributed by atoms with van der Waals surface area (Å²) in [4.78, 5) is 25.7. The molecule has 4 bridgehead atoms. The second-order valence-corrected chi connectivity index (χ2v) is 10.3. The van der Waals surface area contributed by atoms with Crippen LogP contribution in [0.5, 0.6) is 0 Å². The Morgan fingerprint density at radius 1 is 1.03 bits per heavy atom. The van der Waals surface area contributed by atoms with Crippen LogP contribution in [0.1, 0.15) is 74.3 Å². The Hall–Kier alpha value is -2.63. The normalized spacial score (nSPS) is 28.7. The number of aromatic nitrogens is 2. The zero-order valence-corrected chi connectivity index (χ0v) is 18.4. The summed E-state index contributed by atoms with van der Waals surface area (Å²) < 4.78 is 1.78. The highest BCUT2D eigenvalue weighted by Gasteiger charge is 2.54. The van der Waals surface area contributed by atoms with E-state index in [1.165, 1.54) is 19.3 Å². The molecular weight excluding hydrogens is 388 g/mol. The van der Waals surface area contributed by atoms with E-state index in [1.54, 1.807) is 16.9 Å². The maximum Gasteiger partial charge on any atom is 0.256 e. The van der Waals surface area contributed by atoms with E-state index in [1.807, 2.05) is 38.1 Å². The second kappa shape index (κ2) is 7.81. The molecule has 6 heteroatoms. The standard InChI is InChI=1S/C25H32N4O2/c1-16(2)29-22(7-8-27-29)28-23(30)21-5-3-17(4-6-21)15-26-24(31)25-12-18-9-19(13-25)11-20(10-18)14-25/h3-8,16,18-20H,9-15H2,1-2H3,(H,26,31)(H,28,30). The Morgan fingerprint density at radius 3 is 2.23 bits per heavy atom. The predicted molar refractivity (Wildman–Crippen MR) is 119 cm³/mol. The zero-order valence-electron chi connectivity index (χ0n) is 18.4. The van der Waals surface area contributed by atoms with E-state index in [9.17, 15) is 9.59 Å². The van der Waals surface area contributed by atoms with Crippen LogP contribution in [0.25, 0.3) is 0 Å². The van der Waals surface area contributed by atoms with Gasteiger partial charge in [-0.1, -0.05) is 12.1 Å². The minimum atomic E-state index is -0.161. The lowest BCUT2D eigenvalue weighted by Gasteiger charge is -2.55. The summed E-state index contributed by atoms with van der Waals surface area (Å²) in [7, 11) is 0. The predicted octanol–water partition coefficient (Wildman–Crippen LogP) is 4.55. The lowest BCUT2D eigenvalue weighted by atomic mass is 9.49. The van der Waals surface area contributed by atoms with E-state index < -0.39 is 0 Å². The molecule has 0 saturated heterocycles. The molecule has 1 aromatic heterocycles. The molecule has 6 nitrogen and oxygen atoms in total. The Kier molecular flexibility index (Phi) is 5.11. The molecule has 164 valence electrons. The summed E-state index contributed by atoms with van der Waals surface area (Å²) in [5.74, 6) is 3.07. The molecule has 0 unspecified atom stereocenters. The number of hydrogen-bond acceptors (Lipinski definition) is 3. The van der Waals surface area contributed by atoms with Gasteiger partial charge < -0.3 is 10.6 Å². The first-order valence-electron chi connectivity index (χ1n) is 11.6. The fourth-order valence-electron chi connectivity index (χ4n) is 6.55. The number of carbonyl (C=O) groups excluding carboxylic acids is 2. The maximum absolute atomic E-state index is 13.1. The molecule has 0 spiro atoms. The number of nitrogens with zero attached hydrogens (tertiary/aromatic N) is 2. The third-order valence-corrected chi connectivity index (χ3v) is 7.59. The van der Waals surface area contributed by atoms with Gasteiger partial charge in [0.05, 0.1) is 6.20 Å². The highest BCUT2D eigenvalue weighted by molar-refractivity contribution is 6.03. The van der Waals surface area contributed by atoms with Gasteiger partial charge in [0.15, 0.2) is 0 Å². The molecule has 0 aliphatic heterocycles. The van der Waals surface area contributed by atoms with Gasteiger partial charge in [-0.15, -0.1) is 0 Å². The lowest BCUT2D eigenvalue weighted by molar-refractivity contribution is -0.146. The summed E-state index contributed by atoms with van der Waals surface area (Å²) in [5, 5.41) is 10.4. The van der Waals surface area contributed by atoms with Gasteiger partial charge in [-0.05, 0) is 87.8 Å². The van der Waals surface area contributed by atoms with E-state index in [0.29, 0.717) is 17.9 Å². The van der Waals surface area contributed by atoms with Crippen molar-refractivity contribution >= 4 is 17.6 Å². The van der Waals surface area contributed by atoms with Crippen LogP contribution in [0.4, 0.5) is 5.82 Å². The molecule has 2 amide bonds. The molecule has 2 N–H and O–H groups in total. The Bertz CT molecular complexity index is 940. The van der Waals surface area contributed by atoms with E-state index >= 15 is 0 Å². The summed E-state index contributed by atoms with van der Waals surface area (Å²) >= 11 is 0. The first-order chi connectivity index (χ1) is 14.9. The van der Waals surface area contributed by atoms with Crippen molar-refractivity contribution in [3.05, 3.63) is 47.7 Å². The number of carbonyl (C=O) groups is 2. The van der Waals surface area contributed by atoms with Crippen molar-refractivity contribution in [2.75, 3.05) is 5.32 Å². The number of amides is 2. The molecule has 6 rings (SSSR count). The Morgan fingerprint density at radius 2 is 1.65 bits per heavy atom. The van der Waals surface area contributed by atoms with Gasteiger partial charge in [0.1, 0.15) is 5.82 Å².